The number of carbonyl (C=O) groups is 3. The number of rotatable bonds is 8. The van der Waals surface area contributed by atoms with E-state index in [1.165, 1.54) is 23.1 Å². The van der Waals surface area contributed by atoms with Crippen molar-refractivity contribution in [3.8, 4) is 5.75 Å². The zero-order chi connectivity index (χ0) is 24.1. The van der Waals surface area contributed by atoms with Crippen LogP contribution < -0.4 is 9.64 Å². The van der Waals surface area contributed by atoms with Crippen LogP contribution in [0.25, 0.3) is 0 Å². The van der Waals surface area contributed by atoms with Gasteiger partial charge >= 0.3 is 0 Å². The van der Waals surface area contributed by atoms with Crippen LogP contribution in [0.5, 0.6) is 5.75 Å². The van der Waals surface area contributed by atoms with E-state index in [1.807, 2.05) is 37.3 Å². The van der Waals surface area contributed by atoms with Crippen LogP contribution in [0.2, 0.25) is 0 Å². The van der Waals surface area contributed by atoms with Crippen LogP contribution in [0.4, 0.5) is 10.1 Å². The van der Waals surface area contributed by atoms with E-state index in [1.54, 1.807) is 24.3 Å². The fraction of sp³-hybridized carbons (Fsp3) is 0.222. The molecular weight excluding hydrogens is 435 g/mol. The lowest BCUT2D eigenvalue weighted by molar-refractivity contribution is -0.122. The summed E-state index contributed by atoms with van der Waals surface area (Å²) < 4.78 is 19.2. The fourth-order valence-corrected chi connectivity index (χ4v) is 4.07. The minimum absolute atomic E-state index is 0.132. The molecule has 0 spiro atoms. The molecule has 6 nitrogen and oxygen atoms in total. The van der Waals surface area contributed by atoms with Gasteiger partial charge in [-0.1, -0.05) is 36.4 Å². The number of ether oxygens (including phenoxy) is 1. The summed E-state index contributed by atoms with van der Waals surface area (Å²) in [5, 5.41) is 0. The SMILES string of the molecule is CCOc1ccc(N2C(=O)C[C@@H](N(CCc3ccccc3)C(=O)c3cccc(F)c3)C2=O)cc1. The highest BCUT2D eigenvalue weighted by atomic mass is 19.1. The summed E-state index contributed by atoms with van der Waals surface area (Å²) in [6, 6.07) is 20.6. The highest BCUT2D eigenvalue weighted by Gasteiger charge is 2.44. The zero-order valence-electron chi connectivity index (χ0n) is 18.8. The molecule has 4 rings (SSSR count). The minimum Gasteiger partial charge on any atom is -0.494 e. The monoisotopic (exact) mass is 460 g/mol. The van der Waals surface area contributed by atoms with E-state index in [4.69, 9.17) is 4.74 Å². The summed E-state index contributed by atoms with van der Waals surface area (Å²) in [5.74, 6) is -1.27. The summed E-state index contributed by atoms with van der Waals surface area (Å²) in [5.41, 5.74) is 1.54. The van der Waals surface area contributed by atoms with Crippen molar-refractivity contribution >= 4 is 23.4 Å². The molecule has 0 saturated carbocycles. The van der Waals surface area contributed by atoms with Crippen LogP contribution >= 0.6 is 0 Å². The van der Waals surface area contributed by atoms with Gasteiger partial charge < -0.3 is 9.64 Å². The van der Waals surface area contributed by atoms with Crippen molar-refractivity contribution in [2.75, 3.05) is 18.1 Å². The maximum Gasteiger partial charge on any atom is 0.257 e. The molecule has 0 aliphatic carbocycles. The molecule has 1 atom stereocenters. The Morgan fingerprint density at radius 2 is 1.76 bits per heavy atom. The number of hydrogen-bond donors (Lipinski definition) is 0. The van der Waals surface area contributed by atoms with Crippen molar-refractivity contribution in [1.82, 2.24) is 4.90 Å². The van der Waals surface area contributed by atoms with Gasteiger partial charge in [0.05, 0.1) is 18.7 Å². The van der Waals surface area contributed by atoms with Crippen LogP contribution in [-0.2, 0) is 16.0 Å². The number of hydrogen-bond acceptors (Lipinski definition) is 4. The summed E-state index contributed by atoms with van der Waals surface area (Å²) in [6.07, 6.45) is 0.352. The Balaban J connectivity index is 1.61. The molecule has 0 bridgehead atoms. The van der Waals surface area contributed by atoms with E-state index in [-0.39, 0.29) is 18.5 Å². The standard InChI is InChI=1S/C27H25FN2O4/c1-2-34-23-13-11-22(12-14-23)30-25(31)18-24(27(30)33)29(16-15-19-7-4-3-5-8-19)26(32)20-9-6-10-21(28)17-20/h3-14,17,24H,2,15-16,18H2,1H3/t24-/m1/s1. The molecule has 1 heterocycles. The lowest BCUT2D eigenvalue weighted by Gasteiger charge is -2.28. The summed E-state index contributed by atoms with van der Waals surface area (Å²) in [4.78, 5) is 42.1. The predicted molar refractivity (Wildman–Crippen MR) is 126 cm³/mol. The Labute approximate surface area is 197 Å². The number of amides is 3. The zero-order valence-corrected chi connectivity index (χ0v) is 18.8. The molecule has 0 radical (unpaired) electrons. The largest absolute Gasteiger partial charge is 0.494 e. The van der Waals surface area contributed by atoms with Gasteiger partial charge in [0.15, 0.2) is 0 Å². The Morgan fingerprint density at radius 3 is 2.44 bits per heavy atom. The second-order valence-electron chi connectivity index (χ2n) is 7.96. The third-order valence-electron chi connectivity index (χ3n) is 5.72. The van der Waals surface area contributed by atoms with Crippen LogP contribution in [0.3, 0.4) is 0 Å². The predicted octanol–water partition coefficient (Wildman–Crippen LogP) is 4.24. The quantitative estimate of drug-likeness (QED) is 0.472. The number of imide groups is 1. The summed E-state index contributed by atoms with van der Waals surface area (Å²) in [7, 11) is 0. The van der Waals surface area contributed by atoms with Gasteiger partial charge in [-0.05, 0) is 61.4 Å². The van der Waals surface area contributed by atoms with Crippen LogP contribution in [0, 0.1) is 5.82 Å². The van der Waals surface area contributed by atoms with Gasteiger partial charge in [0, 0.05) is 12.1 Å². The van der Waals surface area contributed by atoms with E-state index in [9.17, 15) is 18.8 Å². The minimum atomic E-state index is -0.974. The molecule has 0 N–H and O–H groups in total. The van der Waals surface area contributed by atoms with Gasteiger partial charge in [-0.15, -0.1) is 0 Å². The van der Waals surface area contributed by atoms with Crippen molar-refractivity contribution in [2.24, 2.45) is 0 Å². The fourth-order valence-electron chi connectivity index (χ4n) is 4.07. The molecule has 3 amide bonds. The molecule has 1 saturated heterocycles. The average Bonchev–Trinajstić information content (AvgIpc) is 3.14. The van der Waals surface area contributed by atoms with Crippen LogP contribution in [-0.4, -0.2) is 41.8 Å². The average molecular weight is 461 g/mol. The topological polar surface area (TPSA) is 66.9 Å². The van der Waals surface area contributed by atoms with E-state index in [0.717, 1.165) is 16.5 Å². The summed E-state index contributed by atoms with van der Waals surface area (Å²) >= 11 is 0. The first-order valence-corrected chi connectivity index (χ1v) is 11.2. The highest BCUT2D eigenvalue weighted by molar-refractivity contribution is 6.23. The first kappa shape index (κ1) is 23.2. The first-order chi connectivity index (χ1) is 16.5. The van der Waals surface area contributed by atoms with Crippen molar-refractivity contribution in [3.63, 3.8) is 0 Å². The van der Waals surface area contributed by atoms with Gasteiger partial charge in [0.1, 0.15) is 17.6 Å². The number of anilines is 1. The van der Waals surface area contributed by atoms with Gasteiger partial charge in [0.25, 0.3) is 11.8 Å². The molecule has 34 heavy (non-hydrogen) atoms. The normalized spacial score (nSPS) is 15.5. The van der Waals surface area contributed by atoms with Gasteiger partial charge in [-0.25, -0.2) is 9.29 Å². The van der Waals surface area contributed by atoms with Gasteiger partial charge in [-0.3, -0.25) is 14.4 Å². The highest BCUT2D eigenvalue weighted by Crippen LogP contribution is 2.28. The second-order valence-corrected chi connectivity index (χ2v) is 7.96. The molecule has 1 aliphatic heterocycles. The van der Waals surface area contributed by atoms with Crippen molar-refractivity contribution in [3.05, 3.63) is 95.8 Å². The molecule has 174 valence electrons. The van der Waals surface area contributed by atoms with Gasteiger partial charge in [0.2, 0.25) is 5.91 Å². The third kappa shape index (κ3) is 4.98. The smallest absolute Gasteiger partial charge is 0.257 e. The Hall–Kier alpha value is -4.00. The van der Waals surface area contributed by atoms with E-state index in [2.05, 4.69) is 0 Å². The molecule has 1 aliphatic rings. The number of halogens is 1. The van der Waals surface area contributed by atoms with E-state index in [0.29, 0.717) is 24.5 Å². The molecule has 0 unspecified atom stereocenters. The summed E-state index contributed by atoms with van der Waals surface area (Å²) in [6.45, 7) is 2.58. The maximum absolute atomic E-state index is 13.8. The van der Waals surface area contributed by atoms with E-state index < -0.39 is 29.6 Å². The van der Waals surface area contributed by atoms with Crippen molar-refractivity contribution < 1.29 is 23.5 Å². The third-order valence-corrected chi connectivity index (χ3v) is 5.72. The number of nitrogens with zero attached hydrogens (tertiary/aromatic N) is 2. The number of carbonyl (C=O) groups excluding carboxylic acids is 3. The van der Waals surface area contributed by atoms with Crippen molar-refractivity contribution in [2.45, 2.75) is 25.8 Å². The second kappa shape index (κ2) is 10.3. The van der Waals surface area contributed by atoms with Gasteiger partial charge in [-0.2, -0.15) is 0 Å². The first-order valence-electron chi connectivity index (χ1n) is 11.2. The number of benzene rings is 3. The lowest BCUT2D eigenvalue weighted by Crippen LogP contribution is -2.46. The Kier molecular flexibility index (Phi) is 7.01. The molecule has 0 aromatic heterocycles. The van der Waals surface area contributed by atoms with Crippen molar-refractivity contribution in [1.29, 1.82) is 0 Å². The van der Waals surface area contributed by atoms with Crippen LogP contribution in [0.1, 0.15) is 29.3 Å². The lowest BCUT2D eigenvalue weighted by atomic mass is 10.1. The van der Waals surface area contributed by atoms with E-state index >= 15 is 0 Å². The molecule has 3 aromatic rings. The molecule has 1 fully saturated rings. The Bertz CT molecular complexity index is 1180. The van der Waals surface area contributed by atoms with Crippen LogP contribution in [0.15, 0.2) is 78.9 Å². The molecule has 3 aromatic carbocycles. The molecular formula is C27H25FN2O4. The Morgan fingerprint density at radius 1 is 1.03 bits per heavy atom. The molecule has 7 heteroatoms. The maximum atomic E-state index is 13.8.